The maximum Gasteiger partial charge on any atom is 0.246 e. The summed E-state index contributed by atoms with van der Waals surface area (Å²) in [5.74, 6) is -0.226. The highest BCUT2D eigenvalue weighted by Gasteiger charge is 2.33. The molecule has 2 atom stereocenters. The maximum absolute atomic E-state index is 11.9. The Kier molecular flexibility index (Phi) is 4.87. The highest BCUT2D eigenvalue weighted by atomic mass is 16.5. The van der Waals surface area contributed by atoms with Crippen LogP contribution in [0.1, 0.15) is 40.0 Å². The van der Waals surface area contributed by atoms with Crippen LogP contribution in [0, 0.1) is 0 Å². The van der Waals surface area contributed by atoms with E-state index in [0.29, 0.717) is 12.8 Å². The standard InChI is InChI=1S/C13H24N2O3/c1-9(8-13(2,3)18-5)14-10-6-7-11(16)15(4)12(10)17/h9-10,14H,6-8H2,1-5H3. The van der Waals surface area contributed by atoms with Gasteiger partial charge in [0.2, 0.25) is 11.8 Å². The highest BCUT2D eigenvalue weighted by Crippen LogP contribution is 2.18. The summed E-state index contributed by atoms with van der Waals surface area (Å²) in [7, 11) is 3.23. The Balaban J connectivity index is 2.52. The van der Waals surface area contributed by atoms with Crippen LogP contribution in [0.3, 0.4) is 0 Å². The van der Waals surface area contributed by atoms with E-state index in [4.69, 9.17) is 4.74 Å². The Labute approximate surface area is 109 Å². The van der Waals surface area contributed by atoms with E-state index in [1.807, 2.05) is 20.8 Å². The fourth-order valence-electron chi connectivity index (χ4n) is 2.29. The van der Waals surface area contributed by atoms with Crippen LogP contribution in [0.25, 0.3) is 0 Å². The van der Waals surface area contributed by atoms with Crippen LogP contribution in [-0.2, 0) is 14.3 Å². The monoisotopic (exact) mass is 256 g/mol. The molecule has 1 aliphatic rings. The van der Waals surface area contributed by atoms with Crippen molar-refractivity contribution in [2.75, 3.05) is 14.2 Å². The molecular weight excluding hydrogens is 232 g/mol. The summed E-state index contributed by atoms with van der Waals surface area (Å²) >= 11 is 0. The molecule has 1 N–H and O–H groups in total. The first-order valence-electron chi connectivity index (χ1n) is 6.38. The summed E-state index contributed by atoms with van der Waals surface area (Å²) in [6.07, 6.45) is 1.82. The third-order valence-corrected chi connectivity index (χ3v) is 3.49. The predicted octanol–water partition coefficient (Wildman–Crippen LogP) is 0.927. The highest BCUT2D eigenvalue weighted by molar-refractivity contribution is 6.00. The molecule has 5 nitrogen and oxygen atoms in total. The zero-order chi connectivity index (χ0) is 13.9. The first kappa shape index (κ1) is 15.1. The molecule has 0 bridgehead atoms. The number of likely N-dealkylation sites (tertiary alicyclic amines) is 1. The fraction of sp³-hybridized carbons (Fsp3) is 0.846. The number of ether oxygens (including phenoxy) is 1. The van der Waals surface area contributed by atoms with Gasteiger partial charge in [0.25, 0.3) is 0 Å². The molecule has 0 spiro atoms. The van der Waals surface area contributed by atoms with Gasteiger partial charge >= 0.3 is 0 Å². The summed E-state index contributed by atoms with van der Waals surface area (Å²) in [6.45, 7) is 6.07. The van der Waals surface area contributed by atoms with Crippen LogP contribution >= 0.6 is 0 Å². The van der Waals surface area contributed by atoms with Crippen molar-refractivity contribution in [3.63, 3.8) is 0 Å². The van der Waals surface area contributed by atoms with E-state index in [0.717, 1.165) is 6.42 Å². The van der Waals surface area contributed by atoms with E-state index in [1.54, 1.807) is 14.2 Å². The SMILES string of the molecule is COC(C)(C)CC(C)NC1CCC(=O)N(C)C1=O. The number of piperidine rings is 1. The lowest BCUT2D eigenvalue weighted by molar-refractivity contribution is -0.148. The minimum absolute atomic E-state index is 0.0945. The van der Waals surface area contributed by atoms with E-state index in [1.165, 1.54) is 4.90 Å². The number of rotatable bonds is 5. The van der Waals surface area contributed by atoms with Crippen molar-refractivity contribution in [1.29, 1.82) is 0 Å². The van der Waals surface area contributed by atoms with E-state index in [-0.39, 0.29) is 29.5 Å². The number of likely N-dealkylation sites (N-methyl/N-ethyl adjacent to an activating group) is 1. The van der Waals surface area contributed by atoms with Gasteiger partial charge in [0.15, 0.2) is 0 Å². The summed E-state index contributed by atoms with van der Waals surface area (Å²) in [5.41, 5.74) is -0.216. The van der Waals surface area contributed by atoms with Gasteiger partial charge in [-0.05, 0) is 33.6 Å². The minimum atomic E-state index is -0.254. The molecule has 0 aromatic rings. The molecule has 1 heterocycles. The van der Waals surface area contributed by atoms with Crippen LogP contribution in [0.2, 0.25) is 0 Å². The quantitative estimate of drug-likeness (QED) is 0.743. The average molecular weight is 256 g/mol. The third-order valence-electron chi connectivity index (χ3n) is 3.49. The van der Waals surface area contributed by atoms with Gasteiger partial charge in [-0.3, -0.25) is 14.5 Å². The van der Waals surface area contributed by atoms with Crippen LogP contribution in [0.15, 0.2) is 0 Å². The van der Waals surface area contributed by atoms with Crippen molar-refractivity contribution in [3.05, 3.63) is 0 Å². The first-order chi connectivity index (χ1) is 8.26. The van der Waals surface area contributed by atoms with Crippen molar-refractivity contribution >= 4 is 11.8 Å². The van der Waals surface area contributed by atoms with E-state index < -0.39 is 0 Å². The molecule has 0 aromatic heterocycles. The Hall–Kier alpha value is -0.940. The van der Waals surface area contributed by atoms with Crippen LogP contribution in [0.5, 0.6) is 0 Å². The number of hydrogen-bond acceptors (Lipinski definition) is 4. The minimum Gasteiger partial charge on any atom is -0.379 e. The maximum atomic E-state index is 11.9. The number of hydrogen-bond donors (Lipinski definition) is 1. The van der Waals surface area contributed by atoms with Crippen molar-refractivity contribution in [1.82, 2.24) is 10.2 Å². The zero-order valence-electron chi connectivity index (χ0n) is 11.9. The Morgan fingerprint density at radius 3 is 2.67 bits per heavy atom. The molecule has 1 saturated heterocycles. The fourth-order valence-corrected chi connectivity index (χ4v) is 2.29. The van der Waals surface area contributed by atoms with E-state index in [2.05, 4.69) is 5.32 Å². The topological polar surface area (TPSA) is 58.6 Å². The van der Waals surface area contributed by atoms with Gasteiger partial charge in [-0.25, -0.2) is 0 Å². The van der Waals surface area contributed by atoms with Gasteiger partial charge in [-0.2, -0.15) is 0 Å². The van der Waals surface area contributed by atoms with E-state index in [9.17, 15) is 9.59 Å². The van der Waals surface area contributed by atoms with Crippen molar-refractivity contribution < 1.29 is 14.3 Å². The van der Waals surface area contributed by atoms with Gasteiger partial charge in [0.1, 0.15) is 0 Å². The zero-order valence-corrected chi connectivity index (χ0v) is 11.9. The van der Waals surface area contributed by atoms with Crippen LogP contribution in [0.4, 0.5) is 0 Å². The van der Waals surface area contributed by atoms with Gasteiger partial charge in [-0.15, -0.1) is 0 Å². The number of amides is 2. The normalized spacial score (nSPS) is 23.4. The number of nitrogens with one attached hydrogen (secondary N) is 1. The van der Waals surface area contributed by atoms with Gasteiger partial charge in [0.05, 0.1) is 11.6 Å². The summed E-state index contributed by atoms with van der Waals surface area (Å²) in [5, 5.41) is 3.29. The van der Waals surface area contributed by atoms with E-state index >= 15 is 0 Å². The number of methoxy groups -OCH3 is 1. The molecule has 0 radical (unpaired) electrons. The number of nitrogens with zero attached hydrogens (tertiary/aromatic N) is 1. The van der Waals surface area contributed by atoms with Crippen LogP contribution in [-0.4, -0.2) is 48.6 Å². The van der Waals surface area contributed by atoms with Crippen molar-refractivity contribution in [2.45, 2.75) is 57.7 Å². The molecule has 1 fully saturated rings. The van der Waals surface area contributed by atoms with Gasteiger partial charge < -0.3 is 10.1 Å². The van der Waals surface area contributed by atoms with Crippen molar-refractivity contribution in [3.8, 4) is 0 Å². The Bertz CT molecular complexity index is 328. The largest absolute Gasteiger partial charge is 0.379 e. The number of carbonyl (C=O) groups excluding carboxylic acids is 2. The smallest absolute Gasteiger partial charge is 0.246 e. The lowest BCUT2D eigenvalue weighted by Gasteiger charge is -2.33. The van der Waals surface area contributed by atoms with Gasteiger partial charge in [-0.1, -0.05) is 0 Å². The molecule has 1 rings (SSSR count). The predicted molar refractivity (Wildman–Crippen MR) is 69.1 cm³/mol. The molecule has 18 heavy (non-hydrogen) atoms. The summed E-state index contributed by atoms with van der Waals surface area (Å²) in [6, 6.07) is -0.0918. The second-order valence-electron chi connectivity index (χ2n) is 5.62. The average Bonchev–Trinajstić information content (AvgIpc) is 2.29. The molecule has 1 aliphatic heterocycles. The molecule has 0 aromatic carbocycles. The molecule has 2 unspecified atom stereocenters. The number of imide groups is 1. The van der Waals surface area contributed by atoms with Gasteiger partial charge in [0, 0.05) is 26.6 Å². The summed E-state index contributed by atoms with van der Waals surface area (Å²) in [4.78, 5) is 24.5. The number of carbonyl (C=O) groups is 2. The van der Waals surface area contributed by atoms with Crippen LogP contribution < -0.4 is 5.32 Å². The molecule has 0 saturated carbocycles. The third kappa shape index (κ3) is 3.78. The summed E-state index contributed by atoms with van der Waals surface area (Å²) < 4.78 is 5.37. The Morgan fingerprint density at radius 2 is 2.11 bits per heavy atom. The van der Waals surface area contributed by atoms with Crippen molar-refractivity contribution in [2.24, 2.45) is 0 Å². The molecular formula is C13H24N2O3. The lowest BCUT2D eigenvalue weighted by atomic mass is 9.97. The Morgan fingerprint density at radius 1 is 1.50 bits per heavy atom. The molecule has 0 aliphatic carbocycles. The lowest BCUT2D eigenvalue weighted by Crippen LogP contribution is -2.54. The molecule has 5 heteroatoms. The molecule has 2 amide bonds. The molecule has 104 valence electrons. The second kappa shape index (κ2) is 5.80. The second-order valence-corrected chi connectivity index (χ2v) is 5.62. The first-order valence-corrected chi connectivity index (χ1v) is 6.38.